The average molecular weight is 2360 g/mol. The molecular weight excluding hydrogens is 2220 g/mol. The van der Waals surface area contributed by atoms with Gasteiger partial charge in [-0.25, -0.2) is 31.9 Å². The Morgan fingerprint density at radius 1 is 0.394 bits per heavy atom. The number of hydrogen-bond acceptors (Lipinski definition) is 33. The molecule has 66 heteroatoms. The smallest absolute Gasteiger partial charge is 0.396 e. The molecule has 137 heavy (non-hydrogen) atoms. The Bertz CT molecular complexity index is 4290. The zero-order chi connectivity index (χ0) is 105. The van der Waals surface area contributed by atoms with Gasteiger partial charge in [-0.15, -0.1) is 13.6 Å². The molecule has 32 atom stereocenters. The van der Waals surface area contributed by atoms with Gasteiger partial charge >= 0.3 is 65.4 Å². The van der Waals surface area contributed by atoms with E-state index in [2.05, 4.69) is 62.7 Å². The highest BCUT2D eigenvalue weighted by Crippen LogP contribution is 2.81. The lowest BCUT2D eigenvalue weighted by molar-refractivity contribution is 0.140. The zero-order valence-corrected chi connectivity index (χ0v) is 98.1. The maximum atomic E-state index is 13.5. The molecule has 1 heterocycles. The minimum atomic E-state index is -5.71. The van der Waals surface area contributed by atoms with Crippen LogP contribution in [-0.2, 0) is 126 Å². The Kier molecular flexibility index (Phi) is 67.3. The van der Waals surface area contributed by atoms with Gasteiger partial charge in [0.15, 0.2) is 12.4 Å². The molecule has 7 aliphatic rings. The second-order valence-electron chi connectivity index (χ2n) is 34.4. The molecule has 7 aliphatic carbocycles. The second kappa shape index (κ2) is 66.9. The summed E-state index contributed by atoms with van der Waals surface area (Å²) in [6.07, 6.45) is 19.8. The third-order valence-corrected chi connectivity index (χ3v) is 64.4. The Labute approximate surface area is 859 Å². The van der Waals surface area contributed by atoms with Crippen molar-refractivity contribution in [3.05, 3.63) is 18.7 Å². The number of aromatic nitrogens is 2. The van der Waals surface area contributed by atoms with Gasteiger partial charge in [0.1, 0.15) is 18.8 Å². The first-order valence-electron chi connectivity index (χ1n) is 45.2. The molecule has 0 saturated heterocycles. The lowest BCUT2D eigenvalue weighted by Crippen LogP contribution is -2.17. The van der Waals surface area contributed by atoms with Gasteiger partial charge in [0.2, 0.25) is 6.49 Å². The molecule has 1 aromatic rings. The predicted molar refractivity (Wildman–Crippen MR) is 571 cm³/mol. The van der Waals surface area contributed by atoms with Crippen molar-refractivity contribution in [3.63, 3.8) is 0 Å². The Hall–Kier alpha value is 4.79. The van der Waals surface area contributed by atoms with E-state index in [9.17, 15) is 82.7 Å². The first-order valence-corrected chi connectivity index (χ1v) is 79.0. The van der Waals surface area contributed by atoms with E-state index in [1.54, 1.807) is 50.8 Å². The molecule has 8 rings (SSSR count). The highest BCUT2D eigenvalue weighted by molar-refractivity contribution is 8.65. The molecular formula is C71H140B7F3N2O32P13S9+. The fraction of sp³-hybridized carbons (Fsp3) is 0.958. The van der Waals surface area contributed by atoms with Crippen LogP contribution in [0.4, 0.5) is 12.6 Å². The Morgan fingerprint density at radius 3 is 1.04 bits per heavy atom. The normalized spacial score (nSPS) is 31.6. The van der Waals surface area contributed by atoms with Crippen LogP contribution in [0.3, 0.4) is 0 Å². The van der Waals surface area contributed by atoms with E-state index < -0.39 is 116 Å². The molecule has 1 aromatic heterocycles. The van der Waals surface area contributed by atoms with Crippen LogP contribution in [0.1, 0.15) is 185 Å². The van der Waals surface area contributed by atoms with E-state index in [1.807, 2.05) is 20.8 Å². The third-order valence-electron chi connectivity index (χ3n) is 23.4. The van der Waals surface area contributed by atoms with Gasteiger partial charge in [0.25, 0.3) is 13.1 Å². The minimum Gasteiger partial charge on any atom is -0.396 e. The number of nitrogens with zero attached hydrogens (tertiary/aromatic N) is 2. The quantitative estimate of drug-likeness (QED) is 0.0213. The highest BCUT2D eigenvalue weighted by atomic mass is 32.8. The number of imidazole rings is 1. The lowest BCUT2D eigenvalue weighted by Gasteiger charge is -2.26. The molecule has 34 nitrogen and oxygen atoms in total. The molecule has 7 saturated carbocycles. The van der Waals surface area contributed by atoms with Crippen molar-refractivity contribution in [1.82, 2.24) is 9.32 Å². The van der Waals surface area contributed by atoms with Gasteiger partial charge in [0.05, 0.1) is 100 Å². The SMILES string of the molecule is [B][C@H]1CC(CO)[C@@H](CO[P+](=O)O)C1.[B][C@H]1C[C@@H](CC)[C@@H](COP(=O)(F)OP(=O)(F)CP(=O)(O)F)C1.[B][C@H]1C[C@@H](CC)[C@@H](COP(=O)(OP(=O)(CP(=O)(O)SCC)SCC)SCC)C1.[B][C@H]1C[C@@H](CC)[C@@H](COP(=O)(OP(O)(=S)CP(O)(O)=S)SCC)C1.[B][C@H]1C[C@@H](CC)[C@@H](COP(=O)(SCC)n2ccnc2)C1.[B][C@H]1C[C@@H](CO)[C@@H](COP(=O)(O)SCC)C1.[B][C@H]1C[C@@H](CO)[C@@H](COP(O)(O)=S)C1. The summed E-state index contributed by atoms with van der Waals surface area (Å²) in [5.41, 5.74) is 0. The number of rotatable bonds is 53. The summed E-state index contributed by atoms with van der Waals surface area (Å²) in [7, 11) is 21.7. The summed E-state index contributed by atoms with van der Waals surface area (Å²) < 4.78 is 210. The first kappa shape index (κ1) is 138. The van der Waals surface area contributed by atoms with E-state index in [1.165, 1.54) is 11.4 Å². The van der Waals surface area contributed by atoms with Crippen molar-refractivity contribution in [2.24, 2.45) is 82.9 Å². The monoisotopic (exact) mass is 2360 g/mol. The third kappa shape index (κ3) is 57.7. The van der Waals surface area contributed by atoms with Crippen molar-refractivity contribution >= 4 is 250 Å². The first-order chi connectivity index (χ1) is 63.4. The molecule has 0 aliphatic heterocycles. The highest BCUT2D eigenvalue weighted by Gasteiger charge is 2.48. The zero-order valence-electron chi connectivity index (χ0n) is 79.1. The minimum absolute atomic E-state index is 0.0570. The van der Waals surface area contributed by atoms with Gasteiger partial charge in [-0.05, 0) is 175 Å². The van der Waals surface area contributed by atoms with Crippen LogP contribution in [0.15, 0.2) is 18.7 Å². The molecule has 14 radical (unpaired) electrons. The predicted octanol–water partition coefficient (Wildman–Crippen LogP) is 22.4. The van der Waals surface area contributed by atoms with Crippen molar-refractivity contribution in [2.75, 3.05) is 118 Å². The maximum absolute atomic E-state index is 13.5. The van der Waals surface area contributed by atoms with E-state index in [-0.39, 0.29) is 153 Å². The van der Waals surface area contributed by atoms with Crippen LogP contribution in [0.2, 0.25) is 40.7 Å². The van der Waals surface area contributed by atoms with E-state index in [0.29, 0.717) is 71.9 Å². The van der Waals surface area contributed by atoms with Crippen LogP contribution >= 0.6 is 160 Å². The van der Waals surface area contributed by atoms with Crippen LogP contribution < -0.4 is 0 Å². The summed E-state index contributed by atoms with van der Waals surface area (Å²) in [6, 6.07) is 0. The number of halogens is 3. The van der Waals surface area contributed by atoms with Crippen molar-refractivity contribution in [3.8, 4) is 0 Å². The van der Waals surface area contributed by atoms with Crippen molar-refractivity contribution in [1.29, 1.82) is 0 Å². The molecule has 7 fully saturated rings. The summed E-state index contributed by atoms with van der Waals surface area (Å²) in [4.78, 5) is 86.7. The number of aliphatic hydroxyl groups is 3. The van der Waals surface area contributed by atoms with Gasteiger partial charge < -0.3 is 77.1 Å². The molecule has 12 unspecified atom stereocenters. The van der Waals surface area contributed by atoms with Crippen LogP contribution in [0.5, 0.6) is 0 Å². The lowest BCUT2D eigenvalue weighted by atomic mass is 9.85. The van der Waals surface area contributed by atoms with E-state index in [4.69, 9.17) is 133 Å². The molecule has 0 aromatic carbocycles. The summed E-state index contributed by atoms with van der Waals surface area (Å²) >= 11 is 19.7. The van der Waals surface area contributed by atoms with Gasteiger partial charge in [-0.2, -0.15) is 12.7 Å². The summed E-state index contributed by atoms with van der Waals surface area (Å²) in [5.74, 6) is 3.02. The average Bonchev–Trinajstić information content (AvgIpc) is 1.68. The second-order valence-corrected chi connectivity index (χ2v) is 78.9. The molecule has 786 valence electrons. The summed E-state index contributed by atoms with van der Waals surface area (Å²) in [5, 5.41) is 27.1. The molecule has 0 spiro atoms. The molecule has 0 amide bonds. The molecule has 0 bridgehead atoms. The topological polar surface area (TPSA) is 524 Å². The van der Waals surface area contributed by atoms with Gasteiger partial charge in [0, 0.05) is 59.8 Å². The van der Waals surface area contributed by atoms with Crippen molar-refractivity contribution < 1.29 is 162 Å². The number of aliphatic hydroxyl groups excluding tert-OH is 3. The summed E-state index contributed by atoms with van der Waals surface area (Å²) in [6.45, 7) is -11.8. The van der Waals surface area contributed by atoms with Crippen LogP contribution in [0, 0.1) is 82.9 Å². The fourth-order valence-electron chi connectivity index (χ4n) is 17.3. The molecule has 12 N–H and O–H groups in total. The Balaban J connectivity index is 0.000000548. The largest absolute Gasteiger partial charge is 0.694 e. The van der Waals surface area contributed by atoms with E-state index in [0.717, 1.165) is 165 Å². The van der Waals surface area contributed by atoms with Crippen LogP contribution in [-0.4, -0.2) is 242 Å². The van der Waals surface area contributed by atoms with Crippen molar-refractivity contribution in [2.45, 2.75) is 226 Å². The van der Waals surface area contributed by atoms with E-state index >= 15 is 0 Å². The standard InChI is InChI=1S/C15H32BO6P3S3.C13H22BN2O2PS.C11H24BO6P3S3.C9H17BF3O6P3.C9H18BO4PS.C7H14BO4PS.C7H12BO4P/c1-5-13-9-15(16)10-14(13)11-21-25(20,28-8-4)22-24(19,27-7-3)12-23(17,18)26-6-2;1-3-11-7-13(14)8-12(11)9-18-19(17,20-4-2)16-6-5-15-10-16;1-3-9-5-11(12)6-10(9)7-17-21(16,24-4-2)18-20(15,23)8-19(13,14)22;1-2-7-3-9(10)4-8(7)5-18-22(13,17)19-21(12,16)6-20(11,14)15;1-2-16-15(12,13)14-6-8-4-9(10)3-7(8)5-11;8-7-1-5(3-9)6(2-7)4-12-13(10,11)14;8-7-1-5(3-9)6(2-7)4-12-13(10)11/h13-15H,5-12H2,1-4H3,(H,17,18);5-6,10-13H,3-4,7-9H2,1-2H3;9-11H,3-8H2,1-2H3,(H,15,23)(H2,13,14,22);7-9H,2-6H2,1H3,(H,14,15);7-9,11H,2-6H2,1H3,(H,12,13);5-7,9H,1-4H2,(H2,10,11,14);5-7,9H,1-4H2/p+1/t13-,14-,15+,24?,25?;11-,12-,13+,19?;9-,10-,11+,20?,21?;7-,8-,9+,21?,22?;7-,8+,9-;5-,6+,7-;5?,6-,7+/m1111001/s1. The number of hydrogen-bond donors (Lipinski definition) is 12. The van der Waals surface area contributed by atoms with Gasteiger partial charge in [-0.1, -0.05) is 248 Å². The maximum Gasteiger partial charge on any atom is 0.694 e. The van der Waals surface area contributed by atoms with Crippen LogP contribution in [0.25, 0.3) is 0 Å². The fourth-order valence-corrected chi connectivity index (χ4v) is 58.4. The van der Waals surface area contributed by atoms with Gasteiger partial charge in [-0.3, -0.25) is 31.7 Å². The Morgan fingerprint density at radius 2 is 0.715 bits per heavy atom.